The van der Waals surface area contributed by atoms with Gasteiger partial charge < -0.3 is 14.4 Å². The van der Waals surface area contributed by atoms with Crippen molar-refractivity contribution < 1.29 is 13.2 Å². The summed E-state index contributed by atoms with van der Waals surface area (Å²) in [5.74, 6) is 2.77. The van der Waals surface area contributed by atoms with E-state index in [-0.39, 0.29) is 10.8 Å². The first-order chi connectivity index (χ1) is 16.8. The number of imidazole rings is 1. The lowest BCUT2D eigenvalue weighted by Crippen LogP contribution is -2.38. The van der Waals surface area contributed by atoms with Gasteiger partial charge >= 0.3 is 0 Å². The highest BCUT2D eigenvalue weighted by Gasteiger charge is 2.36. The van der Waals surface area contributed by atoms with E-state index in [4.69, 9.17) is 10.1 Å². The molecule has 0 spiro atoms. The van der Waals surface area contributed by atoms with E-state index in [1.54, 1.807) is 19.1 Å². The second kappa shape index (κ2) is 8.20. The first kappa shape index (κ1) is 22.3. The summed E-state index contributed by atoms with van der Waals surface area (Å²) in [6.45, 7) is 4.63. The fraction of sp³-hybridized carbons (Fsp3) is 0.385. The molecular formula is C26H29N5O3S. The molecule has 1 aliphatic carbocycles. The maximum atomic E-state index is 12.1. The maximum absolute atomic E-state index is 12.1. The van der Waals surface area contributed by atoms with Gasteiger partial charge in [-0.15, -0.1) is 0 Å². The highest BCUT2D eigenvalue weighted by molar-refractivity contribution is 7.89. The Morgan fingerprint density at radius 1 is 1.06 bits per heavy atom. The maximum Gasteiger partial charge on any atom is 0.238 e. The number of sulfonamides is 1. The molecular weight excluding hydrogens is 462 g/mol. The topological polar surface area (TPSA) is 102 Å². The third kappa shape index (κ3) is 4.02. The molecule has 3 aliphatic rings. The number of primary sulfonamides is 1. The lowest BCUT2D eigenvalue weighted by atomic mass is 9.96. The molecule has 9 heteroatoms. The molecule has 1 saturated carbocycles. The number of aryl methyl sites for hydroxylation is 1. The number of hydrogen-bond acceptors (Lipinski definition) is 5. The van der Waals surface area contributed by atoms with Crippen molar-refractivity contribution in [1.82, 2.24) is 14.5 Å². The molecule has 1 amide bonds. The van der Waals surface area contributed by atoms with Crippen LogP contribution in [0.15, 0.2) is 47.4 Å². The van der Waals surface area contributed by atoms with Gasteiger partial charge in [-0.05, 0) is 66.6 Å². The third-order valence-corrected chi connectivity index (χ3v) is 8.26. The molecule has 2 N–H and O–H groups in total. The molecule has 8 nitrogen and oxygen atoms in total. The number of aromatic nitrogens is 2. The van der Waals surface area contributed by atoms with Gasteiger partial charge in [0.2, 0.25) is 15.9 Å². The number of carbonyl (C=O) groups excluding carboxylic acids is 1. The molecule has 0 unspecified atom stereocenters. The van der Waals surface area contributed by atoms with Crippen LogP contribution in [-0.2, 0) is 34.3 Å². The summed E-state index contributed by atoms with van der Waals surface area (Å²) in [4.78, 5) is 21.6. The molecule has 1 fully saturated rings. The fourth-order valence-corrected chi connectivity index (χ4v) is 5.93. The van der Waals surface area contributed by atoms with Gasteiger partial charge in [0, 0.05) is 38.2 Å². The molecule has 1 aromatic heterocycles. The first-order valence-corrected chi connectivity index (χ1v) is 13.7. The Labute approximate surface area is 205 Å². The molecule has 6 rings (SSSR count). The number of anilines is 2. The van der Waals surface area contributed by atoms with Gasteiger partial charge in [0.25, 0.3) is 0 Å². The normalized spacial score (nSPS) is 17.8. The van der Waals surface area contributed by atoms with Gasteiger partial charge in [-0.3, -0.25) is 4.79 Å². The second-order valence-electron chi connectivity index (χ2n) is 9.78. The first-order valence-electron chi connectivity index (χ1n) is 12.2. The summed E-state index contributed by atoms with van der Waals surface area (Å²) in [6.07, 6.45) is 4.31. The number of carbonyl (C=O) groups is 1. The minimum Gasteiger partial charge on any atom is -0.335 e. The zero-order valence-corrected chi connectivity index (χ0v) is 20.6. The summed E-state index contributed by atoms with van der Waals surface area (Å²) in [5.41, 5.74) is 5.26. The van der Waals surface area contributed by atoms with E-state index < -0.39 is 10.0 Å². The number of hydrogen-bond donors (Lipinski definition) is 1. The van der Waals surface area contributed by atoms with E-state index in [0.717, 1.165) is 60.8 Å². The van der Waals surface area contributed by atoms with E-state index in [2.05, 4.69) is 21.6 Å². The average molecular weight is 492 g/mol. The van der Waals surface area contributed by atoms with E-state index in [0.29, 0.717) is 12.5 Å². The smallest absolute Gasteiger partial charge is 0.238 e. The Morgan fingerprint density at radius 3 is 2.60 bits per heavy atom. The standard InChI is InChI=1S/C26H29N5O3S/c1-17(32)29-12-13-31-24(16-29)26(28-25(31)18-7-8-18)30-11-3-5-21-14-20(9-10-23(21)30)19-4-2-6-22(15-19)35(27,33)34/h2,4,6,9-10,14-15,18H,3,5,7-8,11-13,16H2,1H3,(H2,27,33,34). The van der Waals surface area contributed by atoms with E-state index in [9.17, 15) is 13.2 Å². The van der Waals surface area contributed by atoms with Crippen LogP contribution in [-0.4, -0.2) is 41.9 Å². The number of fused-ring (bicyclic) bond motifs is 2. The van der Waals surface area contributed by atoms with Crippen molar-refractivity contribution in [2.75, 3.05) is 18.0 Å². The van der Waals surface area contributed by atoms with Crippen LogP contribution in [0.5, 0.6) is 0 Å². The van der Waals surface area contributed by atoms with Crippen molar-refractivity contribution in [3.63, 3.8) is 0 Å². The van der Waals surface area contributed by atoms with Gasteiger partial charge in [-0.2, -0.15) is 0 Å². The molecule has 0 saturated heterocycles. The highest BCUT2D eigenvalue weighted by atomic mass is 32.2. The van der Waals surface area contributed by atoms with Gasteiger partial charge in [0.05, 0.1) is 17.1 Å². The summed E-state index contributed by atoms with van der Waals surface area (Å²) in [5, 5.41) is 5.34. The van der Waals surface area contributed by atoms with E-state index >= 15 is 0 Å². The molecule has 2 aliphatic heterocycles. The largest absolute Gasteiger partial charge is 0.335 e. The molecule has 3 aromatic rings. The van der Waals surface area contributed by atoms with Crippen LogP contribution >= 0.6 is 0 Å². The predicted octanol–water partition coefficient (Wildman–Crippen LogP) is 3.52. The Hall–Kier alpha value is -3.17. The van der Waals surface area contributed by atoms with Crippen molar-refractivity contribution in [2.45, 2.75) is 56.5 Å². The van der Waals surface area contributed by atoms with Crippen LogP contribution in [0.25, 0.3) is 11.1 Å². The Balaban J connectivity index is 1.40. The quantitative estimate of drug-likeness (QED) is 0.602. The Bertz CT molecular complexity index is 1440. The summed E-state index contributed by atoms with van der Waals surface area (Å²) >= 11 is 0. The number of benzene rings is 2. The molecule has 3 heterocycles. The molecule has 182 valence electrons. The zero-order chi connectivity index (χ0) is 24.3. The zero-order valence-electron chi connectivity index (χ0n) is 19.8. The monoisotopic (exact) mass is 491 g/mol. The van der Waals surface area contributed by atoms with Crippen LogP contribution in [0, 0.1) is 0 Å². The minimum absolute atomic E-state index is 0.0989. The fourth-order valence-electron chi connectivity index (χ4n) is 5.37. The third-order valence-electron chi connectivity index (χ3n) is 7.35. The number of nitrogens with zero attached hydrogens (tertiary/aromatic N) is 4. The number of amides is 1. The van der Waals surface area contributed by atoms with Crippen LogP contribution in [0.4, 0.5) is 11.5 Å². The van der Waals surface area contributed by atoms with Crippen molar-refractivity contribution in [3.8, 4) is 11.1 Å². The van der Waals surface area contributed by atoms with Gasteiger partial charge in [0.15, 0.2) is 5.82 Å². The van der Waals surface area contributed by atoms with Gasteiger partial charge in [0.1, 0.15) is 5.82 Å². The SMILES string of the molecule is CC(=O)N1CCn2c(C3CC3)nc(N3CCCc4cc(-c5cccc(S(N)(=O)=O)c5)ccc43)c2C1. The Kier molecular flexibility index (Phi) is 5.23. The van der Waals surface area contributed by atoms with Crippen LogP contribution < -0.4 is 10.0 Å². The predicted molar refractivity (Wildman–Crippen MR) is 134 cm³/mol. The van der Waals surface area contributed by atoms with Crippen LogP contribution in [0.1, 0.15) is 49.2 Å². The van der Waals surface area contributed by atoms with E-state index in [1.807, 2.05) is 17.0 Å². The number of nitrogens with two attached hydrogens (primary N) is 1. The minimum atomic E-state index is -3.76. The summed E-state index contributed by atoms with van der Waals surface area (Å²) < 4.78 is 26.0. The Morgan fingerprint density at radius 2 is 1.86 bits per heavy atom. The van der Waals surface area contributed by atoms with Crippen LogP contribution in [0.2, 0.25) is 0 Å². The molecule has 0 bridgehead atoms. The molecule has 0 radical (unpaired) electrons. The summed E-state index contributed by atoms with van der Waals surface area (Å²) in [7, 11) is -3.76. The lowest BCUT2D eigenvalue weighted by molar-refractivity contribution is -0.130. The van der Waals surface area contributed by atoms with Crippen molar-refractivity contribution in [3.05, 3.63) is 59.5 Å². The molecule has 2 aromatic carbocycles. The number of rotatable bonds is 4. The van der Waals surface area contributed by atoms with Crippen molar-refractivity contribution in [2.24, 2.45) is 5.14 Å². The second-order valence-corrected chi connectivity index (χ2v) is 11.3. The van der Waals surface area contributed by atoms with Crippen LogP contribution in [0.3, 0.4) is 0 Å². The van der Waals surface area contributed by atoms with E-state index in [1.165, 1.54) is 30.3 Å². The van der Waals surface area contributed by atoms with Crippen molar-refractivity contribution in [1.29, 1.82) is 0 Å². The highest BCUT2D eigenvalue weighted by Crippen LogP contribution is 2.44. The van der Waals surface area contributed by atoms with Crippen molar-refractivity contribution >= 4 is 27.4 Å². The van der Waals surface area contributed by atoms with Gasteiger partial charge in [-0.25, -0.2) is 18.5 Å². The van der Waals surface area contributed by atoms with Gasteiger partial charge in [-0.1, -0.05) is 18.2 Å². The lowest BCUT2D eigenvalue weighted by Gasteiger charge is -2.33. The summed E-state index contributed by atoms with van der Waals surface area (Å²) in [6, 6.07) is 13.1. The average Bonchev–Trinajstić information content (AvgIpc) is 3.63. The molecule has 0 atom stereocenters. The molecule has 35 heavy (non-hydrogen) atoms.